The zero-order chi connectivity index (χ0) is 9.07. The van der Waals surface area contributed by atoms with Gasteiger partial charge in [0.2, 0.25) is 0 Å². The molecule has 0 aromatic rings. The zero-order valence-corrected chi connectivity index (χ0v) is 6.36. The SMILES string of the molecule is C=CC(NC(=O)O)P(=O)(O)O. The first-order chi connectivity index (χ1) is 4.88. The molecule has 0 saturated heterocycles. The van der Waals surface area contributed by atoms with Gasteiger partial charge >= 0.3 is 13.7 Å². The summed E-state index contributed by atoms with van der Waals surface area (Å²) in [5, 5.41) is 9.68. The maximum absolute atomic E-state index is 10.4. The summed E-state index contributed by atoms with van der Waals surface area (Å²) in [6, 6.07) is 0. The molecule has 1 atom stereocenters. The van der Waals surface area contributed by atoms with Crippen molar-refractivity contribution >= 4 is 13.7 Å². The minimum Gasteiger partial charge on any atom is -0.465 e. The Morgan fingerprint density at radius 1 is 1.64 bits per heavy atom. The summed E-state index contributed by atoms with van der Waals surface area (Å²) in [6.07, 6.45) is -0.659. The van der Waals surface area contributed by atoms with Gasteiger partial charge in [0.05, 0.1) is 0 Å². The summed E-state index contributed by atoms with van der Waals surface area (Å²) in [7, 11) is -4.44. The van der Waals surface area contributed by atoms with E-state index < -0.39 is 19.5 Å². The van der Waals surface area contributed by atoms with Crippen molar-refractivity contribution in [3.05, 3.63) is 12.7 Å². The smallest absolute Gasteiger partial charge is 0.405 e. The fourth-order valence-electron chi connectivity index (χ4n) is 0.407. The number of rotatable bonds is 3. The normalized spacial score (nSPS) is 13.6. The summed E-state index contributed by atoms with van der Waals surface area (Å²) in [6.45, 7) is 3.06. The van der Waals surface area contributed by atoms with E-state index in [1.165, 1.54) is 0 Å². The number of hydrogen-bond acceptors (Lipinski definition) is 2. The Balaban J connectivity index is 4.31. The van der Waals surface area contributed by atoms with Gasteiger partial charge in [-0.25, -0.2) is 4.79 Å². The number of hydrogen-bond donors (Lipinski definition) is 4. The van der Waals surface area contributed by atoms with Gasteiger partial charge in [0.1, 0.15) is 0 Å². The molecule has 64 valence electrons. The third-order valence-electron chi connectivity index (χ3n) is 0.857. The highest BCUT2D eigenvalue weighted by molar-refractivity contribution is 7.52. The van der Waals surface area contributed by atoms with Crippen LogP contribution in [0.1, 0.15) is 0 Å². The fourth-order valence-corrected chi connectivity index (χ4v) is 0.960. The Hall–Kier alpha value is -0.840. The second-order valence-corrected chi connectivity index (χ2v) is 3.45. The molecule has 0 radical (unpaired) electrons. The second-order valence-electron chi connectivity index (χ2n) is 1.72. The van der Waals surface area contributed by atoms with Crippen LogP contribution in [0.4, 0.5) is 4.79 Å². The highest BCUT2D eigenvalue weighted by atomic mass is 31.2. The van der Waals surface area contributed by atoms with E-state index in [0.29, 0.717) is 0 Å². The minimum atomic E-state index is -4.44. The van der Waals surface area contributed by atoms with Crippen LogP contribution >= 0.6 is 7.60 Å². The molecule has 0 aliphatic rings. The number of carbonyl (C=O) groups is 1. The molecular weight excluding hydrogens is 173 g/mol. The Kier molecular flexibility index (Phi) is 3.25. The van der Waals surface area contributed by atoms with E-state index in [9.17, 15) is 9.36 Å². The van der Waals surface area contributed by atoms with Gasteiger partial charge in [-0.15, -0.1) is 6.58 Å². The number of carboxylic acid groups (broad SMARTS) is 1. The van der Waals surface area contributed by atoms with Crippen molar-refractivity contribution in [1.29, 1.82) is 0 Å². The number of amides is 1. The summed E-state index contributed by atoms with van der Waals surface area (Å²) in [5.41, 5.74) is 0. The van der Waals surface area contributed by atoms with Gasteiger partial charge in [0.15, 0.2) is 5.78 Å². The monoisotopic (exact) mass is 181 g/mol. The maximum atomic E-state index is 10.4. The van der Waals surface area contributed by atoms with Crippen LogP contribution in [0, 0.1) is 0 Å². The van der Waals surface area contributed by atoms with Crippen molar-refractivity contribution in [2.75, 3.05) is 0 Å². The van der Waals surface area contributed by atoms with Crippen LogP contribution in [0.15, 0.2) is 12.7 Å². The summed E-state index contributed by atoms with van der Waals surface area (Å²) in [4.78, 5) is 26.8. The van der Waals surface area contributed by atoms with Crippen molar-refractivity contribution in [3.8, 4) is 0 Å². The number of nitrogens with one attached hydrogen (secondary N) is 1. The van der Waals surface area contributed by atoms with E-state index >= 15 is 0 Å². The van der Waals surface area contributed by atoms with Crippen LogP contribution in [0.5, 0.6) is 0 Å². The van der Waals surface area contributed by atoms with Gasteiger partial charge in [-0.2, -0.15) is 0 Å². The lowest BCUT2D eigenvalue weighted by Gasteiger charge is -2.12. The lowest BCUT2D eigenvalue weighted by molar-refractivity contribution is 0.193. The first-order valence-electron chi connectivity index (χ1n) is 2.55. The second kappa shape index (κ2) is 3.52. The minimum absolute atomic E-state index is 0.842. The van der Waals surface area contributed by atoms with Gasteiger partial charge in [0.25, 0.3) is 0 Å². The van der Waals surface area contributed by atoms with E-state index in [4.69, 9.17) is 14.9 Å². The standard InChI is InChI=1S/C4H8NO5P/c1-2-3(5-4(6)7)11(8,9)10/h2-3,5H,1H2,(H,6,7)(H2,8,9,10). The average Bonchev–Trinajstić information content (AvgIpc) is 1.79. The molecule has 1 unspecified atom stereocenters. The molecule has 4 N–H and O–H groups in total. The van der Waals surface area contributed by atoms with Gasteiger partial charge in [-0.1, -0.05) is 6.08 Å². The molecule has 7 heteroatoms. The van der Waals surface area contributed by atoms with Crippen molar-refractivity contribution in [2.45, 2.75) is 5.78 Å². The summed E-state index contributed by atoms with van der Waals surface area (Å²) in [5.74, 6) is -1.53. The predicted molar refractivity (Wildman–Crippen MR) is 37.2 cm³/mol. The van der Waals surface area contributed by atoms with Gasteiger partial charge in [-0.05, 0) is 0 Å². The molecule has 0 fully saturated rings. The molecular formula is C4H8NO5P. The average molecular weight is 181 g/mol. The zero-order valence-electron chi connectivity index (χ0n) is 5.47. The molecule has 0 heterocycles. The Morgan fingerprint density at radius 2 is 2.09 bits per heavy atom. The lowest BCUT2D eigenvalue weighted by atomic mass is 10.6. The van der Waals surface area contributed by atoms with Crippen LogP contribution in [0.25, 0.3) is 0 Å². The van der Waals surface area contributed by atoms with Gasteiger partial charge in [-0.3, -0.25) is 4.57 Å². The molecule has 11 heavy (non-hydrogen) atoms. The first kappa shape index (κ1) is 10.2. The molecule has 0 aromatic carbocycles. The maximum Gasteiger partial charge on any atom is 0.405 e. The van der Waals surface area contributed by atoms with Crippen molar-refractivity contribution in [1.82, 2.24) is 5.32 Å². The third-order valence-corrected chi connectivity index (χ3v) is 1.92. The molecule has 1 amide bonds. The molecule has 0 bridgehead atoms. The van der Waals surface area contributed by atoms with Gasteiger partial charge < -0.3 is 20.2 Å². The van der Waals surface area contributed by atoms with Gasteiger partial charge in [0, 0.05) is 0 Å². The fraction of sp³-hybridized carbons (Fsp3) is 0.250. The molecule has 0 aliphatic carbocycles. The van der Waals surface area contributed by atoms with E-state index in [2.05, 4.69) is 6.58 Å². The van der Waals surface area contributed by atoms with Crippen LogP contribution in [-0.4, -0.2) is 26.8 Å². The largest absolute Gasteiger partial charge is 0.465 e. The molecule has 0 aromatic heterocycles. The molecule has 0 saturated carbocycles. The molecule has 0 rings (SSSR count). The lowest BCUT2D eigenvalue weighted by Crippen LogP contribution is -2.31. The highest BCUT2D eigenvalue weighted by Gasteiger charge is 2.26. The molecule has 0 spiro atoms. The quantitative estimate of drug-likeness (QED) is 0.360. The van der Waals surface area contributed by atoms with Crippen molar-refractivity contribution < 1.29 is 24.3 Å². The van der Waals surface area contributed by atoms with E-state index in [-0.39, 0.29) is 0 Å². The van der Waals surface area contributed by atoms with E-state index in [1.807, 2.05) is 0 Å². The summed E-state index contributed by atoms with van der Waals surface area (Å²) < 4.78 is 10.4. The Labute approximate surface area is 62.7 Å². The van der Waals surface area contributed by atoms with Crippen LogP contribution < -0.4 is 5.32 Å². The molecule has 6 nitrogen and oxygen atoms in total. The predicted octanol–water partition coefficient (Wildman–Crippen LogP) is -0.0562. The van der Waals surface area contributed by atoms with E-state index in [1.54, 1.807) is 5.32 Å². The summed E-state index contributed by atoms with van der Waals surface area (Å²) >= 11 is 0. The van der Waals surface area contributed by atoms with Crippen LogP contribution in [-0.2, 0) is 4.57 Å². The van der Waals surface area contributed by atoms with Crippen LogP contribution in [0.2, 0.25) is 0 Å². The topological polar surface area (TPSA) is 107 Å². The van der Waals surface area contributed by atoms with Crippen molar-refractivity contribution in [2.24, 2.45) is 0 Å². The first-order valence-corrected chi connectivity index (χ1v) is 4.23. The molecule has 0 aliphatic heterocycles. The highest BCUT2D eigenvalue weighted by Crippen LogP contribution is 2.39. The third kappa shape index (κ3) is 3.77. The van der Waals surface area contributed by atoms with Crippen molar-refractivity contribution in [3.63, 3.8) is 0 Å². The van der Waals surface area contributed by atoms with Crippen LogP contribution in [0.3, 0.4) is 0 Å². The van der Waals surface area contributed by atoms with E-state index in [0.717, 1.165) is 6.08 Å². The Bertz CT molecular complexity index is 209. The Morgan fingerprint density at radius 3 is 2.18 bits per heavy atom.